The fraction of sp³-hybridized carbons (Fsp3) is 0.630. The summed E-state index contributed by atoms with van der Waals surface area (Å²) in [4.78, 5) is 18.6. The van der Waals surface area contributed by atoms with Crippen LogP contribution in [0.25, 0.3) is 10.9 Å². The molecule has 1 aliphatic heterocycles. The number of pyridine rings is 1. The van der Waals surface area contributed by atoms with Gasteiger partial charge in [0.05, 0.1) is 18.2 Å². The van der Waals surface area contributed by atoms with Crippen LogP contribution >= 0.6 is 0 Å². The van der Waals surface area contributed by atoms with Gasteiger partial charge in [0.1, 0.15) is 0 Å². The number of hydrogen-bond acceptors (Lipinski definition) is 6. The molecule has 2 atom stereocenters. The molecule has 188 valence electrons. The number of rotatable bonds is 8. The summed E-state index contributed by atoms with van der Waals surface area (Å²) >= 11 is 0. The molecule has 1 saturated heterocycles. The molecule has 8 heteroatoms. The van der Waals surface area contributed by atoms with Gasteiger partial charge in [-0.25, -0.2) is 4.68 Å². The predicted molar refractivity (Wildman–Crippen MR) is 136 cm³/mol. The van der Waals surface area contributed by atoms with E-state index in [4.69, 9.17) is 4.74 Å². The number of fused-ring (bicyclic) bond motifs is 1. The number of benzene rings is 1. The van der Waals surface area contributed by atoms with Crippen LogP contribution in [-0.2, 0) is 11.3 Å². The molecule has 3 heterocycles. The quantitative estimate of drug-likeness (QED) is 0.505. The molecular formula is C27H38N6O2. The lowest BCUT2D eigenvalue weighted by Gasteiger charge is -2.36. The Morgan fingerprint density at radius 1 is 1.14 bits per heavy atom. The van der Waals surface area contributed by atoms with Gasteiger partial charge in [0.15, 0.2) is 5.82 Å². The van der Waals surface area contributed by atoms with Crippen LogP contribution in [0.5, 0.6) is 0 Å². The van der Waals surface area contributed by atoms with Gasteiger partial charge >= 0.3 is 0 Å². The summed E-state index contributed by atoms with van der Waals surface area (Å²) in [6.45, 7) is 8.61. The predicted octanol–water partition coefficient (Wildman–Crippen LogP) is 4.71. The Hall–Kier alpha value is -2.58. The number of H-pyrrole nitrogens is 1. The van der Waals surface area contributed by atoms with Gasteiger partial charge in [-0.1, -0.05) is 44.7 Å². The number of aromatic amines is 1. The van der Waals surface area contributed by atoms with Gasteiger partial charge in [0, 0.05) is 30.8 Å². The van der Waals surface area contributed by atoms with E-state index in [1.165, 1.54) is 24.8 Å². The SMILES string of the molecule is Cc1ccc2[nH]c(=O)c(CN(C[C@H]3CCCO3)[C@@H](c3nnnn3C3CCCCC3)C(C)C)cc2c1. The van der Waals surface area contributed by atoms with Gasteiger partial charge in [-0.05, 0) is 72.5 Å². The van der Waals surface area contributed by atoms with Gasteiger partial charge in [-0.15, -0.1) is 5.10 Å². The summed E-state index contributed by atoms with van der Waals surface area (Å²) in [5.74, 6) is 1.18. The Morgan fingerprint density at radius 3 is 2.71 bits per heavy atom. The summed E-state index contributed by atoms with van der Waals surface area (Å²) in [5.41, 5.74) is 2.78. The highest BCUT2D eigenvalue weighted by molar-refractivity contribution is 5.79. The molecule has 2 fully saturated rings. The standard InChI is InChI=1S/C27H38N6O2/c1-18(2)25(26-29-30-31-33(26)22-8-5-4-6-9-22)32(17-23-10-7-13-35-23)16-21-15-20-14-19(3)11-12-24(20)28-27(21)34/h11-12,14-15,18,22-23,25H,4-10,13,16-17H2,1-3H3,(H,28,34)/t23-,25-/m1/s1. The molecule has 0 amide bonds. The molecule has 0 radical (unpaired) electrons. The fourth-order valence-corrected chi connectivity index (χ4v) is 5.90. The van der Waals surface area contributed by atoms with Crippen LogP contribution in [-0.4, -0.2) is 49.3 Å². The zero-order valence-corrected chi connectivity index (χ0v) is 21.2. The van der Waals surface area contributed by atoms with E-state index in [2.05, 4.69) is 56.9 Å². The van der Waals surface area contributed by atoms with Gasteiger partial charge in [-0.3, -0.25) is 9.69 Å². The normalized spacial score (nSPS) is 20.3. The lowest BCUT2D eigenvalue weighted by molar-refractivity contribution is 0.0375. The van der Waals surface area contributed by atoms with Crippen molar-refractivity contribution in [2.24, 2.45) is 5.92 Å². The van der Waals surface area contributed by atoms with E-state index in [0.29, 0.717) is 12.6 Å². The van der Waals surface area contributed by atoms with E-state index < -0.39 is 0 Å². The smallest absolute Gasteiger partial charge is 0.252 e. The van der Waals surface area contributed by atoms with Crippen LogP contribution in [0, 0.1) is 12.8 Å². The number of ether oxygens (including phenoxy) is 1. The van der Waals surface area contributed by atoms with Gasteiger partial charge in [-0.2, -0.15) is 0 Å². The summed E-state index contributed by atoms with van der Waals surface area (Å²) in [6, 6.07) is 8.53. The summed E-state index contributed by atoms with van der Waals surface area (Å²) < 4.78 is 8.13. The molecule has 1 saturated carbocycles. The van der Waals surface area contributed by atoms with Crippen molar-refractivity contribution in [1.82, 2.24) is 30.1 Å². The monoisotopic (exact) mass is 478 g/mol. The average Bonchev–Trinajstić information content (AvgIpc) is 3.53. The highest BCUT2D eigenvalue weighted by Crippen LogP contribution is 2.34. The van der Waals surface area contributed by atoms with Gasteiger partial charge in [0.25, 0.3) is 5.56 Å². The van der Waals surface area contributed by atoms with E-state index in [-0.39, 0.29) is 23.6 Å². The number of tetrazole rings is 1. The van der Waals surface area contributed by atoms with Crippen LogP contribution in [0.4, 0.5) is 0 Å². The molecule has 1 aromatic carbocycles. The molecule has 0 spiro atoms. The third-order valence-electron chi connectivity index (χ3n) is 7.64. The summed E-state index contributed by atoms with van der Waals surface area (Å²) in [7, 11) is 0. The number of hydrogen-bond donors (Lipinski definition) is 1. The second kappa shape index (κ2) is 10.6. The van der Waals surface area contributed by atoms with Crippen LogP contribution in [0.2, 0.25) is 0 Å². The molecule has 0 unspecified atom stereocenters. The maximum absolute atomic E-state index is 13.1. The van der Waals surface area contributed by atoms with E-state index in [9.17, 15) is 4.79 Å². The Kier molecular flexibility index (Phi) is 7.29. The third-order valence-corrected chi connectivity index (χ3v) is 7.64. The van der Waals surface area contributed by atoms with Crippen LogP contribution < -0.4 is 5.56 Å². The van der Waals surface area contributed by atoms with Crippen molar-refractivity contribution in [2.45, 2.75) is 90.4 Å². The van der Waals surface area contributed by atoms with Crippen LogP contribution in [0.15, 0.2) is 29.1 Å². The molecule has 3 aromatic rings. The minimum absolute atomic E-state index is 0.0104. The number of nitrogens with zero attached hydrogens (tertiary/aromatic N) is 5. The van der Waals surface area contributed by atoms with Crippen molar-refractivity contribution in [3.05, 3.63) is 51.6 Å². The highest BCUT2D eigenvalue weighted by atomic mass is 16.5. The van der Waals surface area contributed by atoms with Crippen molar-refractivity contribution in [3.63, 3.8) is 0 Å². The molecule has 5 rings (SSSR count). The first-order valence-corrected chi connectivity index (χ1v) is 13.3. The number of aromatic nitrogens is 5. The molecule has 0 bridgehead atoms. The second-order valence-electron chi connectivity index (χ2n) is 10.7. The van der Waals surface area contributed by atoms with Crippen molar-refractivity contribution in [3.8, 4) is 0 Å². The van der Waals surface area contributed by atoms with Crippen molar-refractivity contribution in [1.29, 1.82) is 0 Å². The minimum Gasteiger partial charge on any atom is -0.377 e. The average molecular weight is 479 g/mol. The summed E-state index contributed by atoms with van der Waals surface area (Å²) in [6.07, 6.45) is 8.27. The Bertz CT molecular complexity index is 1190. The number of nitrogens with one attached hydrogen (secondary N) is 1. The maximum Gasteiger partial charge on any atom is 0.252 e. The topological polar surface area (TPSA) is 88.9 Å². The largest absolute Gasteiger partial charge is 0.377 e. The fourth-order valence-electron chi connectivity index (χ4n) is 5.90. The Labute approximate surface area is 207 Å². The Morgan fingerprint density at radius 2 is 1.97 bits per heavy atom. The van der Waals surface area contributed by atoms with E-state index in [1.54, 1.807) is 0 Å². The van der Waals surface area contributed by atoms with Crippen LogP contribution in [0.3, 0.4) is 0 Å². The van der Waals surface area contributed by atoms with E-state index >= 15 is 0 Å². The highest BCUT2D eigenvalue weighted by Gasteiger charge is 2.34. The summed E-state index contributed by atoms with van der Waals surface area (Å²) in [5, 5.41) is 14.2. The second-order valence-corrected chi connectivity index (χ2v) is 10.7. The molecular weight excluding hydrogens is 440 g/mol. The van der Waals surface area contributed by atoms with Gasteiger partial charge < -0.3 is 9.72 Å². The van der Waals surface area contributed by atoms with E-state index in [1.807, 2.05) is 18.2 Å². The van der Waals surface area contributed by atoms with Gasteiger partial charge in [0.2, 0.25) is 0 Å². The molecule has 1 N–H and O–H groups in total. The zero-order chi connectivity index (χ0) is 24.4. The van der Waals surface area contributed by atoms with E-state index in [0.717, 1.165) is 61.1 Å². The molecule has 35 heavy (non-hydrogen) atoms. The first kappa shape index (κ1) is 24.1. The first-order chi connectivity index (χ1) is 17.0. The molecule has 2 aromatic heterocycles. The zero-order valence-electron chi connectivity index (χ0n) is 21.2. The van der Waals surface area contributed by atoms with Crippen molar-refractivity contribution < 1.29 is 4.74 Å². The lowest BCUT2D eigenvalue weighted by atomic mass is 9.94. The molecule has 2 aliphatic rings. The third kappa shape index (κ3) is 5.33. The van der Waals surface area contributed by atoms with Crippen molar-refractivity contribution >= 4 is 10.9 Å². The molecule has 8 nitrogen and oxygen atoms in total. The Balaban J connectivity index is 1.51. The minimum atomic E-state index is -0.0342. The lowest BCUT2D eigenvalue weighted by Crippen LogP contribution is -2.40. The first-order valence-electron chi connectivity index (χ1n) is 13.3. The van der Waals surface area contributed by atoms with Crippen LogP contribution in [0.1, 0.15) is 87.8 Å². The number of aryl methyl sites for hydroxylation is 1. The molecule has 1 aliphatic carbocycles. The van der Waals surface area contributed by atoms with Crippen molar-refractivity contribution in [2.75, 3.05) is 13.2 Å². The maximum atomic E-state index is 13.1.